The van der Waals surface area contributed by atoms with Crippen molar-refractivity contribution in [2.45, 2.75) is 13.3 Å². The highest BCUT2D eigenvalue weighted by Gasteiger charge is 2.22. The fraction of sp³-hybridized carbons (Fsp3) is 0.111. The van der Waals surface area contributed by atoms with Gasteiger partial charge in [0.15, 0.2) is 5.75 Å². The number of aromatic amines is 1. The second-order valence-electron chi connectivity index (χ2n) is 5.23. The monoisotopic (exact) mass is 343 g/mol. The molecule has 0 saturated heterocycles. The summed E-state index contributed by atoms with van der Waals surface area (Å²) in [4.78, 5) is 27.5. The van der Waals surface area contributed by atoms with E-state index in [2.05, 4.69) is 4.98 Å². The molecule has 0 aliphatic rings. The number of esters is 1. The van der Waals surface area contributed by atoms with Gasteiger partial charge in [-0.2, -0.15) is 0 Å². The Labute approximate surface area is 142 Å². The highest BCUT2D eigenvalue weighted by Crippen LogP contribution is 2.33. The summed E-state index contributed by atoms with van der Waals surface area (Å²) in [6.07, 6.45) is 0.181. The molecule has 0 aliphatic carbocycles. The molecule has 2 aromatic carbocycles. The van der Waals surface area contributed by atoms with Crippen molar-refractivity contribution < 1.29 is 19.4 Å². The number of rotatable bonds is 4. The lowest BCUT2D eigenvalue weighted by atomic mass is 10.1. The molecule has 0 spiro atoms. The topological polar surface area (TPSA) is 79.4 Å². The van der Waals surface area contributed by atoms with Gasteiger partial charge in [-0.15, -0.1) is 0 Å². The van der Waals surface area contributed by atoms with E-state index in [1.54, 1.807) is 37.3 Å². The number of fused-ring (bicyclic) bond motifs is 1. The largest absolute Gasteiger partial charge is 0.508 e. The molecule has 0 amide bonds. The number of H-pyrrole nitrogens is 1. The van der Waals surface area contributed by atoms with Crippen LogP contribution in [0.4, 0.5) is 0 Å². The lowest BCUT2D eigenvalue weighted by Crippen LogP contribution is -2.10. The zero-order valence-corrected chi connectivity index (χ0v) is 13.6. The van der Waals surface area contributed by atoms with E-state index in [-0.39, 0.29) is 29.2 Å². The highest BCUT2D eigenvalue weighted by molar-refractivity contribution is 6.31. The Morgan fingerprint density at radius 3 is 2.71 bits per heavy atom. The van der Waals surface area contributed by atoms with Crippen molar-refractivity contribution in [2.75, 3.05) is 0 Å². The maximum atomic E-state index is 12.8. The third-order valence-electron chi connectivity index (χ3n) is 3.55. The van der Waals surface area contributed by atoms with Gasteiger partial charge >= 0.3 is 5.97 Å². The smallest absolute Gasteiger partial charge is 0.310 e. The molecule has 0 saturated carbocycles. The van der Waals surface area contributed by atoms with E-state index in [9.17, 15) is 14.7 Å². The SMILES string of the molecule is CCC(=O)Oc1c(C(=O)c2cccc(O)c2)[nH]c2cc(Cl)ccc12. The maximum Gasteiger partial charge on any atom is 0.310 e. The molecule has 0 aliphatic heterocycles. The molecule has 1 heterocycles. The van der Waals surface area contributed by atoms with Gasteiger partial charge in [0.25, 0.3) is 0 Å². The quantitative estimate of drug-likeness (QED) is 0.552. The minimum absolute atomic E-state index is 0.0212. The maximum absolute atomic E-state index is 12.8. The molecule has 0 unspecified atom stereocenters. The summed E-state index contributed by atoms with van der Waals surface area (Å²) in [5.41, 5.74) is 1.01. The zero-order valence-electron chi connectivity index (χ0n) is 12.8. The number of phenols is 1. The first kappa shape index (κ1) is 16.1. The minimum atomic E-state index is -0.448. The van der Waals surface area contributed by atoms with E-state index < -0.39 is 11.8 Å². The number of hydrogen-bond acceptors (Lipinski definition) is 4. The zero-order chi connectivity index (χ0) is 17.3. The predicted octanol–water partition coefficient (Wildman–Crippen LogP) is 4.07. The second-order valence-corrected chi connectivity index (χ2v) is 5.66. The molecule has 3 aromatic rings. The number of carbonyl (C=O) groups excluding carboxylic acids is 2. The number of aromatic hydroxyl groups is 1. The number of nitrogens with one attached hydrogen (secondary N) is 1. The fourth-order valence-corrected chi connectivity index (χ4v) is 2.56. The summed E-state index contributed by atoms with van der Waals surface area (Å²) in [6.45, 7) is 1.67. The van der Waals surface area contributed by atoms with Crippen LogP contribution in [0.5, 0.6) is 11.5 Å². The van der Waals surface area contributed by atoms with E-state index in [0.717, 1.165) is 0 Å². The number of hydrogen-bond donors (Lipinski definition) is 2. The van der Waals surface area contributed by atoms with Crippen LogP contribution < -0.4 is 4.74 Å². The molecule has 0 atom stereocenters. The van der Waals surface area contributed by atoms with Crippen LogP contribution in [0.1, 0.15) is 29.4 Å². The molecule has 2 N–H and O–H groups in total. The minimum Gasteiger partial charge on any atom is -0.508 e. The highest BCUT2D eigenvalue weighted by atomic mass is 35.5. The Balaban J connectivity index is 2.16. The van der Waals surface area contributed by atoms with Crippen LogP contribution in [0.15, 0.2) is 42.5 Å². The number of phenolic OH excluding ortho intramolecular Hbond substituents is 1. The predicted molar refractivity (Wildman–Crippen MR) is 90.8 cm³/mol. The average molecular weight is 344 g/mol. The molecule has 3 rings (SSSR count). The lowest BCUT2D eigenvalue weighted by molar-refractivity contribution is -0.133. The number of ether oxygens (including phenoxy) is 1. The molecule has 6 heteroatoms. The number of carbonyl (C=O) groups is 2. The first-order valence-corrected chi connectivity index (χ1v) is 7.73. The van der Waals surface area contributed by atoms with E-state index in [4.69, 9.17) is 16.3 Å². The van der Waals surface area contributed by atoms with E-state index >= 15 is 0 Å². The van der Waals surface area contributed by atoms with Crippen molar-refractivity contribution in [3.8, 4) is 11.5 Å². The number of ketones is 1. The summed E-state index contributed by atoms with van der Waals surface area (Å²) in [5.74, 6) is -0.693. The average Bonchev–Trinajstić information content (AvgIpc) is 2.91. The van der Waals surface area contributed by atoms with Crippen LogP contribution in [0.25, 0.3) is 10.9 Å². The van der Waals surface area contributed by atoms with Crippen LogP contribution >= 0.6 is 11.6 Å². The molecular formula is C18H14ClNO4. The van der Waals surface area contributed by atoms with Crippen LogP contribution in [-0.4, -0.2) is 21.8 Å². The van der Waals surface area contributed by atoms with Crippen LogP contribution in [-0.2, 0) is 4.79 Å². The third kappa shape index (κ3) is 2.98. The number of aromatic nitrogens is 1. The summed E-state index contributed by atoms with van der Waals surface area (Å²) >= 11 is 5.98. The Morgan fingerprint density at radius 2 is 2.00 bits per heavy atom. The van der Waals surface area contributed by atoms with Gasteiger partial charge in [0.05, 0.1) is 5.52 Å². The molecular weight excluding hydrogens is 330 g/mol. The Kier molecular flexibility index (Phi) is 4.27. The van der Waals surface area contributed by atoms with Crippen molar-refractivity contribution in [1.82, 2.24) is 4.98 Å². The van der Waals surface area contributed by atoms with Gasteiger partial charge in [0, 0.05) is 22.4 Å². The van der Waals surface area contributed by atoms with E-state index in [1.807, 2.05) is 0 Å². The molecule has 0 radical (unpaired) electrons. The van der Waals surface area contributed by atoms with Gasteiger partial charge in [-0.05, 0) is 30.3 Å². The van der Waals surface area contributed by atoms with E-state index in [1.165, 1.54) is 12.1 Å². The Morgan fingerprint density at radius 1 is 1.21 bits per heavy atom. The summed E-state index contributed by atoms with van der Waals surface area (Å²) in [7, 11) is 0. The second kappa shape index (κ2) is 6.37. The Bertz CT molecular complexity index is 945. The van der Waals surface area contributed by atoms with Crippen molar-refractivity contribution >= 4 is 34.3 Å². The standard InChI is InChI=1S/C18H14ClNO4/c1-2-15(22)24-18-13-7-6-11(19)9-14(13)20-16(18)17(23)10-4-3-5-12(21)8-10/h3-9,20-21H,2H2,1H3. The third-order valence-corrected chi connectivity index (χ3v) is 3.79. The van der Waals surface area contributed by atoms with Gasteiger partial charge in [-0.3, -0.25) is 9.59 Å². The van der Waals surface area contributed by atoms with Gasteiger partial charge in [-0.25, -0.2) is 0 Å². The van der Waals surface area contributed by atoms with Crippen molar-refractivity contribution in [1.29, 1.82) is 0 Å². The van der Waals surface area contributed by atoms with Gasteiger partial charge in [0.2, 0.25) is 5.78 Å². The first-order valence-electron chi connectivity index (χ1n) is 7.35. The summed E-state index contributed by atoms with van der Waals surface area (Å²) in [6, 6.07) is 11.0. The van der Waals surface area contributed by atoms with Crippen molar-refractivity contribution in [2.24, 2.45) is 0 Å². The van der Waals surface area contributed by atoms with Gasteiger partial charge < -0.3 is 14.8 Å². The molecule has 5 nitrogen and oxygen atoms in total. The molecule has 122 valence electrons. The normalized spacial score (nSPS) is 10.8. The Hall–Kier alpha value is -2.79. The van der Waals surface area contributed by atoms with Crippen LogP contribution in [0.3, 0.4) is 0 Å². The van der Waals surface area contributed by atoms with Crippen molar-refractivity contribution in [3.63, 3.8) is 0 Å². The van der Waals surface area contributed by atoms with Crippen LogP contribution in [0.2, 0.25) is 5.02 Å². The van der Waals surface area contributed by atoms with Crippen molar-refractivity contribution in [3.05, 3.63) is 58.7 Å². The number of benzene rings is 2. The molecule has 1 aromatic heterocycles. The summed E-state index contributed by atoms with van der Waals surface area (Å²) in [5, 5.41) is 10.7. The fourth-order valence-electron chi connectivity index (χ4n) is 2.39. The molecule has 24 heavy (non-hydrogen) atoms. The molecule has 0 bridgehead atoms. The first-order chi connectivity index (χ1) is 11.5. The lowest BCUT2D eigenvalue weighted by Gasteiger charge is -2.05. The summed E-state index contributed by atoms with van der Waals surface area (Å²) < 4.78 is 5.36. The molecule has 0 fully saturated rings. The van der Waals surface area contributed by atoms with Gasteiger partial charge in [-0.1, -0.05) is 30.7 Å². The van der Waals surface area contributed by atoms with Crippen LogP contribution in [0, 0.1) is 0 Å². The van der Waals surface area contributed by atoms with E-state index in [0.29, 0.717) is 15.9 Å². The van der Waals surface area contributed by atoms with Gasteiger partial charge in [0.1, 0.15) is 11.4 Å². The number of halogens is 1.